The van der Waals surface area contributed by atoms with E-state index in [4.69, 9.17) is 27.4 Å². The van der Waals surface area contributed by atoms with E-state index in [1.165, 1.54) is 6.92 Å². The Morgan fingerprint density at radius 2 is 1.32 bits per heavy atom. The molecular formula is C18H31N7O9. The molecule has 0 aromatic heterocycles. The number of nitrogens with zero attached hydrogens (tertiary/aromatic N) is 1. The molecule has 0 aliphatic carbocycles. The van der Waals surface area contributed by atoms with E-state index in [-0.39, 0.29) is 25.3 Å². The maximum absolute atomic E-state index is 12.6. The third-order valence-electron chi connectivity index (χ3n) is 4.27. The fourth-order valence-corrected chi connectivity index (χ4v) is 2.53. The normalized spacial score (nSPS) is 13.9. The molecule has 0 fully saturated rings. The molecule has 4 unspecified atom stereocenters. The Balaban J connectivity index is 5.47. The van der Waals surface area contributed by atoms with Gasteiger partial charge in [0.15, 0.2) is 5.96 Å². The summed E-state index contributed by atoms with van der Waals surface area (Å²) < 4.78 is 0. The number of rotatable bonds is 16. The third kappa shape index (κ3) is 12.8. The molecule has 4 atom stereocenters. The SMILES string of the molecule is CC(N)C(=O)NC(CC(=O)O)C(=O)NC(CCC(=O)O)C(=O)NC(CCCN=C(N)N)C(=O)O. The lowest BCUT2D eigenvalue weighted by atomic mass is 10.1. The predicted molar refractivity (Wildman–Crippen MR) is 116 cm³/mol. The molecule has 16 nitrogen and oxygen atoms in total. The first-order chi connectivity index (χ1) is 15.7. The topological polar surface area (TPSA) is 290 Å². The number of guanidine groups is 1. The highest BCUT2D eigenvalue weighted by Crippen LogP contribution is 2.05. The van der Waals surface area contributed by atoms with Gasteiger partial charge in [-0.25, -0.2) is 4.79 Å². The molecule has 16 heteroatoms. The first kappa shape index (κ1) is 30.0. The van der Waals surface area contributed by atoms with Gasteiger partial charge in [-0.1, -0.05) is 0 Å². The molecule has 0 heterocycles. The Hall–Kier alpha value is -3.95. The minimum Gasteiger partial charge on any atom is -0.481 e. The number of carbonyl (C=O) groups excluding carboxylic acids is 3. The lowest BCUT2D eigenvalue weighted by Crippen LogP contribution is -2.57. The van der Waals surface area contributed by atoms with Gasteiger partial charge in [0.05, 0.1) is 12.5 Å². The Morgan fingerprint density at radius 1 is 0.794 bits per heavy atom. The summed E-state index contributed by atoms with van der Waals surface area (Å²) in [6, 6.07) is -5.62. The smallest absolute Gasteiger partial charge is 0.326 e. The summed E-state index contributed by atoms with van der Waals surface area (Å²) in [5.74, 6) is -7.28. The zero-order chi connectivity index (χ0) is 26.4. The Bertz CT molecular complexity index is 797. The number of carboxylic acid groups (broad SMARTS) is 3. The van der Waals surface area contributed by atoms with Gasteiger partial charge in [0, 0.05) is 13.0 Å². The van der Waals surface area contributed by atoms with Crippen molar-refractivity contribution in [2.24, 2.45) is 22.2 Å². The molecule has 0 saturated carbocycles. The van der Waals surface area contributed by atoms with Crippen LogP contribution in [0.15, 0.2) is 4.99 Å². The number of amides is 3. The van der Waals surface area contributed by atoms with E-state index in [1.54, 1.807) is 0 Å². The van der Waals surface area contributed by atoms with Gasteiger partial charge in [0.25, 0.3) is 0 Å². The zero-order valence-corrected chi connectivity index (χ0v) is 18.5. The van der Waals surface area contributed by atoms with Gasteiger partial charge in [-0.15, -0.1) is 0 Å². The summed E-state index contributed by atoms with van der Waals surface area (Å²) in [4.78, 5) is 74.2. The number of hydrogen-bond donors (Lipinski definition) is 9. The van der Waals surface area contributed by atoms with Gasteiger partial charge in [-0.2, -0.15) is 0 Å². The number of hydrogen-bond acceptors (Lipinski definition) is 8. The molecule has 0 radical (unpaired) electrons. The largest absolute Gasteiger partial charge is 0.481 e. The van der Waals surface area contributed by atoms with Crippen molar-refractivity contribution in [2.45, 2.75) is 63.2 Å². The first-order valence-electron chi connectivity index (χ1n) is 10.1. The molecule has 0 aliphatic heterocycles. The quantitative estimate of drug-likeness (QED) is 0.0574. The molecular weight excluding hydrogens is 458 g/mol. The van der Waals surface area contributed by atoms with Crippen LogP contribution in [0.1, 0.15) is 39.0 Å². The summed E-state index contributed by atoms with van der Waals surface area (Å²) in [6.07, 6.45) is -1.75. The van der Waals surface area contributed by atoms with Crippen LogP contribution in [0.2, 0.25) is 0 Å². The first-order valence-corrected chi connectivity index (χ1v) is 10.1. The van der Waals surface area contributed by atoms with E-state index in [0.717, 1.165) is 0 Å². The fourth-order valence-electron chi connectivity index (χ4n) is 2.53. The van der Waals surface area contributed by atoms with E-state index in [9.17, 15) is 33.9 Å². The molecule has 12 N–H and O–H groups in total. The Kier molecular flexibility index (Phi) is 13.2. The van der Waals surface area contributed by atoms with Gasteiger partial charge in [-0.3, -0.25) is 29.0 Å². The van der Waals surface area contributed by atoms with Crippen LogP contribution >= 0.6 is 0 Å². The number of carboxylic acids is 3. The van der Waals surface area contributed by atoms with Crippen LogP contribution < -0.4 is 33.2 Å². The second-order valence-corrected chi connectivity index (χ2v) is 7.29. The summed E-state index contributed by atoms with van der Waals surface area (Å²) >= 11 is 0. The van der Waals surface area contributed by atoms with Crippen LogP contribution in [0.5, 0.6) is 0 Å². The van der Waals surface area contributed by atoms with Crippen molar-refractivity contribution in [3.8, 4) is 0 Å². The molecule has 192 valence electrons. The van der Waals surface area contributed by atoms with Crippen LogP contribution in [0.4, 0.5) is 0 Å². The number of aliphatic imine (C=N–C) groups is 1. The molecule has 3 amide bonds. The Morgan fingerprint density at radius 3 is 1.79 bits per heavy atom. The van der Waals surface area contributed by atoms with Crippen molar-refractivity contribution < 1.29 is 44.1 Å². The van der Waals surface area contributed by atoms with Crippen LogP contribution in [-0.2, 0) is 28.8 Å². The average Bonchev–Trinajstić information content (AvgIpc) is 2.71. The summed E-state index contributed by atoms with van der Waals surface area (Å²) in [5.41, 5.74) is 15.8. The van der Waals surface area contributed by atoms with E-state index in [2.05, 4.69) is 20.9 Å². The van der Waals surface area contributed by atoms with Gasteiger partial charge in [-0.05, 0) is 26.2 Å². The monoisotopic (exact) mass is 489 g/mol. The highest BCUT2D eigenvalue weighted by atomic mass is 16.4. The molecule has 0 saturated heterocycles. The predicted octanol–water partition coefficient (Wildman–Crippen LogP) is -3.73. The van der Waals surface area contributed by atoms with Crippen LogP contribution in [0.25, 0.3) is 0 Å². The Labute approximate surface area is 194 Å². The van der Waals surface area contributed by atoms with Crippen LogP contribution in [0, 0.1) is 0 Å². The van der Waals surface area contributed by atoms with Crippen molar-refractivity contribution in [2.75, 3.05) is 6.54 Å². The summed E-state index contributed by atoms with van der Waals surface area (Å²) in [5, 5.41) is 33.8. The number of aliphatic carboxylic acids is 3. The lowest BCUT2D eigenvalue weighted by Gasteiger charge is -2.24. The number of nitrogens with two attached hydrogens (primary N) is 3. The summed E-state index contributed by atoms with van der Waals surface area (Å²) in [7, 11) is 0. The van der Waals surface area contributed by atoms with Crippen molar-refractivity contribution in [3.05, 3.63) is 0 Å². The highest BCUT2D eigenvalue weighted by Gasteiger charge is 2.31. The fraction of sp³-hybridized carbons (Fsp3) is 0.611. The molecule has 0 aliphatic rings. The molecule has 0 rings (SSSR count). The number of carbonyl (C=O) groups is 6. The van der Waals surface area contributed by atoms with Gasteiger partial charge in [0.2, 0.25) is 17.7 Å². The number of nitrogens with one attached hydrogen (secondary N) is 3. The van der Waals surface area contributed by atoms with Crippen molar-refractivity contribution >= 4 is 41.6 Å². The second-order valence-electron chi connectivity index (χ2n) is 7.29. The van der Waals surface area contributed by atoms with Crippen LogP contribution in [0.3, 0.4) is 0 Å². The average molecular weight is 489 g/mol. The molecule has 0 bridgehead atoms. The minimum absolute atomic E-state index is 0.0798. The van der Waals surface area contributed by atoms with Crippen molar-refractivity contribution in [1.82, 2.24) is 16.0 Å². The molecule has 0 aromatic carbocycles. The molecule has 0 spiro atoms. The van der Waals surface area contributed by atoms with E-state index in [1.807, 2.05) is 0 Å². The molecule has 0 aromatic rings. The van der Waals surface area contributed by atoms with Crippen molar-refractivity contribution in [1.29, 1.82) is 0 Å². The molecule has 34 heavy (non-hydrogen) atoms. The highest BCUT2D eigenvalue weighted by molar-refractivity contribution is 5.95. The van der Waals surface area contributed by atoms with E-state index < -0.39 is 79.1 Å². The van der Waals surface area contributed by atoms with Crippen LogP contribution in [-0.4, -0.2) is 87.6 Å². The van der Waals surface area contributed by atoms with Crippen molar-refractivity contribution in [3.63, 3.8) is 0 Å². The standard InChI is InChI=1S/C18H31N7O9/c1-8(19)14(30)25-11(7-13(28)29)16(32)23-9(4-5-12(26)27)15(31)24-10(17(33)34)3-2-6-22-18(20)21/h8-11H,2-7,19H2,1H3,(H,23,32)(H,24,31)(H,25,30)(H,26,27)(H,28,29)(H,33,34)(H4,20,21,22). The zero-order valence-electron chi connectivity index (χ0n) is 18.5. The van der Waals surface area contributed by atoms with Gasteiger partial charge < -0.3 is 48.5 Å². The maximum atomic E-state index is 12.6. The van der Waals surface area contributed by atoms with E-state index >= 15 is 0 Å². The maximum Gasteiger partial charge on any atom is 0.326 e. The van der Waals surface area contributed by atoms with Gasteiger partial charge >= 0.3 is 17.9 Å². The summed E-state index contributed by atoms with van der Waals surface area (Å²) in [6.45, 7) is 1.39. The van der Waals surface area contributed by atoms with E-state index in [0.29, 0.717) is 0 Å². The van der Waals surface area contributed by atoms with Gasteiger partial charge in [0.1, 0.15) is 18.1 Å². The minimum atomic E-state index is -1.62. The lowest BCUT2D eigenvalue weighted by molar-refractivity contribution is -0.143. The third-order valence-corrected chi connectivity index (χ3v) is 4.27. The second kappa shape index (κ2) is 15.0.